The van der Waals surface area contributed by atoms with Gasteiger partial charge in [0.15, 0.2) is 5.67 Å². The van der Waals surface area contributed by atoms with Gasteiger partial charge in [0, 0.05) is 0 Å². The van der Waals surface area contributed by atoms with Gasteiger partial charge in [0.25, 0.3) is 0 Å². The number of rotatable bonds is 2. The van der Waals surface area contributed by atoms with E-state index < -0.39 is 18.0 Å². The van der Waals surface area contributed by atoms with Crippen LogP contribution < -0.4 is 0 Å². The molecule has 0 aliphatic heterocycles. The summed E-state index contributed by atoms with van der Waals surface area (Å²) in [6.07, 6.45) is 0. The molecule has 0 aliphatic rings. The molecule has 2 unspecified atom stereocenters. The van der Waals surface area contributed by atoms with Crippen LogP contribution in [0.3, 0.4) is 0 Å². The summed E-state index contributed by atoms with van der Waals surface area (Å²) in [5, 5.41) is 0. The number of hydrogen-bond acceptors (Lipinski definition) is 0. The first-order valence-corrected chi connectivity index (χ1v) is 2.47. The Labute approximate surface area is 50.6 Å². The summed E-state index contributed by atoms with van der Waals surface area (Å²) in [6, 6.07) is 0. The van der Waals surface area contributed by atoms with Gasteiger partial charge in [-0.05, 0) is 6.92 Å². The summed E-state index contributed by atoms with van der Waals surface area (Å²) in [6.45, 7) is -0.623. The van der Waals surface area contributed by atoms with Crippen molar-refractivity contribution >= 4 is 11.6 Å². The van der Waals surface area contributed by atoms with Crippen LogP contribution in [-0.4, -0.2) is 18.0 Å². The van der Waals surface area contributed by atoms with E-state index in [0.717, 1.165) is 6.92 Å². The predicted molar refractivity (Wildman–Crippen MR) is 26.2 cm³/mol. The van der Waals surface area contributed by atoms with Gasteiger partial charge in [-0.1, -0.05) is 11.6 Å². The van der Waals surface area contributed by atoms with Crippen molar-refractivity contribution in [3.05, 3.63) is 0 Å². The van der Waals surface area contributed by atoms with Crippen molar-refractivity contribution < 1.29 is 13.2 Å². The van der Waals surface area contributed by atoms with Crippen LogP contribution in [-0.2, 0) is 0 Å². The minimum absolute atomic E-state index is 0.769. The van der Waals surface area contributed by atoms with Crippen LogP contribution in [0.25, 0.3) is 0 Å². The van der Waals surface area contributed by atoms with Crippen LogP contribution in [0, 0.1) is 0 Å². The molecule has 0 heterocycles. The van der Waals surface area contributed by atoms with E-state index in [1.807, 2.05) is 0 Å². The van der Waals surface area contributed by atoms with Crippen LogP contribution in [0.4, 0.5) is 13.2 Å². The Hall–Kier alpha value is 0.0800. The molecule has 8 heavy (non-hydrogen) atoms. The lowest BCUT2D eigenvalue weighted by molar-refractivity contribution is 0.0844. The molecule has 50 valence electrons. The maximum Gasteiger partial charge on any atom is 0.209 e. The van der Waals surface area contributed by atoms with Crippen LogP contribution in [0.2, 0.25) is 0 Å². The highest BCUT2D eigenvalue weighted by molar-refractivity contribution is 6.20. The number of halogens is 4. The molecule has 2 atom stereocenters. The smallest absolute Gasteiger partial charge is 0.209 e. The maximum absolute atomic E-state index is 12.1. The standard InChI is InChI=1S/C4H6ClF3/c1-4(8,2-6)3(5)7/h3H,2H2,1H3. The van der Waals surface area contributed by atoms with Crippen molar-refractivity contribution in [3.63, 3.8) is 0 Å². The first-order valence-electron chi connectivity index (χ1n) is 2.03. The van der Waals surface area contributed by atoms with E-state index >= 15 is 0 Å². The molecular weight excluding hydrogens is 140 g/mol. The number of hydrogen-bond donors (Lipinski definition) is 0. The van der Waals surface area contributed by atoms with Gasteiger partial charge in [-0.15, -0.1) is 0 Å². The molecule has 0 saturated heterocycles. The largest absolute Gasteiger partial charge is 0.247 e. The van der Waals surface area contributed by atoms with Crippen molar-refractivity contribution in [3.8, 4) is 0 Å². The summed E-state index contributed by atoms with van der Waals surface area (Å²) < 4.78 is 35.0. The summed E-state index contributed by atoms with van der Waals surface area (Å²) in [4.78, 5) is 0. The minimum atomic E-state index is -2.53. The second-order valence-corrected chi connectivity index (χ2v) is 2.10. The van der Waals surface area contributed by atoms with Crippen molar-refractivity contribution in [2.24, 2.45) is 0 Å². The highest BCUT2D eigenvalue weighted by Crippen LogP contribution is 2.21. The van der Waals surface area contributed by atoms with Gasteiger partial charge in [0.2, 0.25) is 5.63 Å². The normalized spacial score (nSPS) is 22.1. The van der Waals surface area contributed by atoms with Gasteiger partial charge in [0.1, 0.15) is 6.67 Å². The van der Waals surface area contributed by atoms with E-state index in [1.165, 1.54) is 0 Å². The summed E-state index contributed by atoms with van der Waals surface area (Å²) in [5.41, 5.74) is -4.78. The zero-order valence-electron chi connectivity index (χ0n) is 4.30. The van der Waals surface area contributed by atoms with Gasteiger partial charge in [-0.25, -0.2) is 13.2 Å². The lowest BCUT2D eigenvalue weighted by Crippen LogP contribution is -2.29. The average Bonchev–Trinajstić information content (AvgIpc) is 1.67. The highest BCUT2D eigenvalue weighted by atomic mass is 35.5. The van der Waals surface area contributed by atoms with E-state index in [0.29, 0.717) is 0 Å². The molecule has 0 aromatic carbocycles. The molecule has 0 N–H and O–H groups in total. The van der Waals surface area contributed by atoms with Crippen molar-refractivity contribution in [2.45, 2.75) is 18.2 Å². The second-order valence-electron chi connectivity index (χ2n) is 1.71. The fourth-order valence-electron chi connectivity index (χ4n) is 0.0583. The molecule has 0 rings (SSSR count). The molecule has 0 fully saturated rings. The number of alkyl halides is 4. The summed E-state index contributed by atoms with van der Waals surface area (Å²) >= 11 is 4.59. The van der Waals surface area contributed by atoms with Crippen molar-refractivity contribution in [1.82, 2.24) is 0 Å². The fraction of sp³-hybridized carbons (Fsp3) is 1.00. The van der Waals surface area contributed by atoms with Crippen LogP contribution in [0.1, 0.15) is 6.92 Å². The van der Waals surface area contributed by atoms with Crippen LogP contribution in [0.5, 0.6) is 0 Å². The van der Waals surface area contributed by atoms with Gasteiger partial charge < -0.3 is 0 Å². The minimum Gasteiger partial charge on any atom is -0.247 e. The van der Waals surface area contributed by atoms with Crippen LogP contribution >= 0.6 is 11.6 Å². The van der Waals surface area contributed by atoms with Gasteiger partial charge >= 0.3 is 0 Å². The topological polar surface area (TPSA) is 0 Å². The Morgan fingerprint density at radius 1 is 1.75 bits per heavy atom. The Morgan fingerprint density at radius 2 is 2.12 bits per heavy atom. The molecule has 0 aromatic heterocycles. The zero-order valence-corrected chi connectivity index (χ0v) is 5.05. The van der Waals surface area contributed by atoms with E-state index in [-0.39, 0.29) is 0 Å². The third kappa shape index (κ3) is 1.90. The van der Waals surface area contributed by atoms with Crippen molar-refractivity contribution in [1.29, 1.82) is 0 Å². The predicted octanol–water partition coefficient (Wildman–Crippen LogP) is 2.22. The molecule has 0 saturated carbocycles. The Balaban J connectivity index is 3.71. The van der Waals surface area contributed by atoms with Gasteiger partial charge in [-0.2, -0.15) is 0 Å². The van der Waals surface area contributed by atoms with Crippen LogP contribution in [0.15, 0.2) is 0 Å². The van der Waals surface area contributed by atoms with E-state index in [9.17, 15) is 13.2 Å². The lowest BCUT2D eigenvalue weighted by Gasteiger charge is -2.14. The molecule has 0 radical (unpaired) electrons. The Morgan fingerprint density at radius 3 is 2.12 bits per heavy atom. The Bertz CT molecular complexity index is 71.7. The Kier molecular flexibility index (Phi) is 2.60. The lowest BCUT2D eigenvalue weighted by atomic mass is 10.2. The van der Waals surface area contributed by atoms with E-state index in [2.05, 4.69) is 11.6 Å². The molecule has 0 nitrogen and oxygen atoms in total. The highest BCUT2D eigenvalue weighted by Gasteiger charge is 2.32. The molecule has 0 amide bonds. The average molecular weight is 147 g/mol. The van der Waals surface area contributed by atoms with E-state index in [4.69, 9.17) is 0 Å². The van der Waals surface area contributed by atoms with Gasteiger partial charge in [-0.3, -0.25) is 0 Å². The molecule has 0 aromatic rings. The second kappa shape index (κ2) is 2.58. The first-order chi connectivity index (χ1) is 3.50. The quantitative estimate of drug-likeness (QED) is 0.524. The molecule has 4 heteroatoms. The molecular formula is C4H6ClF3. The maximum atomic E-state index is 12.1. The molecule has 0 spiro atoms. The monoisotopic (exact) mass is 146 g/mol. The summed E-state index contributed by atoms with van der Waals surface area (Å²) in [5.74, 6) is 0. The molecule has 0 aliphatic carbocycles. The summed E-state index contributed by atoms with van der Waals surface area (Å²) in [7, 11) is 0. The van der Waals surface area contributed by atoms with E-state index in [1.54, 1.807) is 0 Å². The van der Waals surface area contributed by atoms with Gasteiger partial charge in [0.05, 0.1) is 0 Å². The third-order valence-corrected chi connectivity index (χ3v) is 1.17. The first kappa shape index (κ1) is 8.08. The zero-order chi connectivity index (χ0) is 6.78. The van der Waals surface area contributed by atoms with Crippen molar-refractivity contribution in [2.75, 3.05) is 6.67 Å². The fourth-order valence-corrected chi connectivity index (χ4v) is 0.117. The SMILES string of the molecule is CC(F)(CF)C(F)Cl. The third-order valence-electron chi connectivity index (χ3n) is 0.716. The molecule has 0 bridgehead atoms.